The number of rotatable bonds is 3. The second-order valence-electron chi connectivity index (χ2n) is 4.27. The first-order valence-corrected chi connectivity index (χ1v) is 6.95. The highest BCUT2D eigenvalue weighted by Crippen LogP contribution is 2.34. The van der Waals surface area contributed by atoms with E-state index in [2.05, 4.69) is 0 Å². The zero-order chi connectivity index (χ0) is 14.0. The van der Waals surface area contributed by atoms with Crippen LogP contribution in [0.15, 0.2) is 36.4 Å². The second-order valence-corrected chi connectivity index (χ2v) is 5.52. The fourth-order valence-electron chi connectivity index (χ4n) is 1.86. The summed E-state index contributed by atoms with van der Waals surface area (Å²) >= 11 is 18.4. The van der Waals surface area contributed by atoms with Crippen LogP contribution in [0.4, 0.5) is 0 Å². The lowest BCUT2D eigenvalue weighted by Gasteiger charge is -2.13. The van der Waals surface area contributed by atoms with E-state index < -0.39 is 0 Å². The lowest BCUT2D eigenvalue weighted by Crippen LogP contribution is -1.96. The van der Waals surface area contributed by atoms with E-state index in [1.165, 1.54) is 0 Å². The fourth-order valence-corrected chi connectivity index (χ4v) is 2.43. The van der Waals surface area contributed by atoms with E-state index >= 15 is 0 Å². The molecule has 1 unspecified atom stereocenters. The maximum absolute atomic E-state index is 6.48. The SMILES string of the molecule is COc1cc(C(Cl)c2ccc(Cl)c(Cl)c2)ccc1C. The number of hydrogen-bond acceptors (Lipinski definition) is 1. The monoisotopic (exact) mass is 314 g/mol. The quantitative estimate of drug-likeness (QED) is 0.666. The molecular weight excluding hydrogens is 303 g/mol. The number of ether oxygens (including phenoxy) is 1. The minimum atomic E-state index is -0.288. The van der Waals surface area contributed by atoms with Crippen molar-refractivity contribution in [1.82, 2.24) is 0 Å². The largest absolute Gasteiger partial charge is 0.496 e. The smallest absolute Gasteiger partial charge is 0.122 e. The Kier molecular flexibility index (Phi) is 4.62. The van der Waals surface area contributed by atoms with Crippen molar-refractivity contribution >= 4 is 34.8 Å². The van der Waals surface area contributed by atoms with Crippen molar-refractivity contribution in [3.63, 3.8) is 0 Å². The third kappa shape index (κ3) is 3.17. The highest BCUT2D eigenvalue weighted by atomic mass is 35.5. The first-order valence-electron chi connectivity index (χ1n) is 5.76. The van der Waals surface area contributed by atoms with Gasteiger partial charge in [-0.05, 0) is 41.8 Å². The predicted octanol–water partition coefficient (Wildman–Crippen LogP) is 5.64. The van der Waals surface area contributed by atoms with E-state index in [1.807, 2.05) is 31.2 Å². The van der Waals surface area contributed by atoms with Crippen LogP contribution in [0.5, 0.6) is 5.75 Å². The first-order chi connectivity index (χ1) is 9.02. The molecule has 0 amide bonds. The van der Waals surface area contributed by atoms with Crippen LogP contribution in [-0.2, 0) is 0 Å². The Morgan fingerprint density at radius 1 is 0.947 bits per heavy atom. The molecular formula is C15H13Cl3O. The topological polar surface area (TPSA) is 9.23 Å². The second kappa shape index (κ2) is 6.04. The molecule has 0 saturated heterocycles. The van der Waals surface area contributed by atoms with Crippen molar-refractivity contribution in [2.24, 2.45) is 0 Å². The van der Waals surface area contributed by atoms with Crippen molar-refractivity contribution in [3.8, 4) is 5.75 Å². The Morgan fingerprint density at radius 3 is 2.21 bits per heavy atom. The highest BCUT2D eigenvalue weighted by Gasteiger charge is 2.13. The molecule has 2 rings (SSSR count). The van der Waals surface area contributed by atoms with Crippen molar-refractivity contribution < 1.29 is 4.74 Å². The Hall–Kier alpha value is -0.890. The van der Waals surface area contributed by atoms with Crippen molar-refractivity contribution in [2.45, 2.75) is 12.3 Å². The molecule has 0 N–H and O–H groups in total. The van der Waals surface area contributed by atoms with Crippen LogP contribution >= 0.6 is 34.8 Å². The summed E-state index contributed by atoms with van der Waals surface area (Å²) in [6.45, 7) is 1.99. The summed E-state index contributed by atoms with van der Waals surface area (Å²) < 4.78 is 5.31. The van der Waals surface area contributed by atoms with Gasteiger partial charge in [0.15, 0.2) is 0 Å². The molecule has 2 aromatic rings. The van der Waals surface area contributed by atoms with Crippen LogP contribution < -0.4 is 4.74 Å². The third-order valence-electron chi connectivity index (χ3n) is 2.96. The summed E-state index contributed by atoms with van der Waals surface area (Å²) in [5.74, 6) is 0.822. The molecule has 19 heavy (non-hydrogen) atoms. The Balaban J connectivity index is 2.37. The van der Waals surface area contributed by atoms with E-state index in [9.17, 15) is 0 Å². The lowest BCUT2D eigenvalue weighted by molar-refractivity contribution is 0.411. The first kappa shape index (κ1) is 14.5. The maximum atomic E-state index is 6.48. The number of aryl methyl sites for hydroxylation is 1. The van der Waals surface area contributed by atoms with E-state index in [0.29, 0.717) is 10.0 Å². The molecule has 0 heterocycles. The van der Waals surface area contributed by atoms with Gasteiger partial charge in [-0.1, -0.05) is 41.4 Å². The number of alkyl halides is 1. The lowest BCUT2D eigenvalue weighted by atomic mass is 10.0. The number of hydrogen-bond donors (Lipinski definition) is 0. The number of benzene rings is 2. The molecule has 1 atom stereocenters. The molecule has 0 aromatic heterocycles. The molecule has 0 bridgehead atoms. The Bertz CT molecular complexity index is 596. The molecule has 1 nitrogen and oxygen atoms in total. The van der Waals surface area contributed by atoms with Crippen LogP contribution in [0.1, 0.15) is 22.1 Å². The summed E-state index contributed by atoms with van der Waals surface area (Å²) in [5.41, 5.74) is 2.94. The molecule has 100 valence electrons. The van der Waals surface area contributed by atoms with Crippen molar-refractivity contribution in [3.05, 3.63) is 63.1 Å². The highest BCUT2D eigenvalue weighted by molar-refractivity contribution is 6.42. The molecule has 0 fully saturated rings. The zero-order valence-corrected chi connectivity index (χ0v) is 12.9. The summed E-state index contributed by atoms with van der Waals surface area (Å²) in [4.78, 5) is 0. The van der Waals surface area contributed by atoms with Crippen LogP contribution in [0.25, 0.3) is 0 Å². The average Bonchev–Trinajstić information content (AvgIpc) is 2.41. The molecule has 0 aliphatic heterocycles. The van der Waals surface area contributed by atoms with Gasteiger partial charge in [0, 0.05) is 0 Å². The number of methoxy groups -OCH3 is 1. The van der Waals surface area contributed by atoms with Gasteiger partial charge in [0.2, 0.25) is 0 Å². The normalized spacial score (nSPS) is 12.3. The van der Waals surface area contributed by atoms with Gasteiger partial charge in [0.25, 0.3) is 0 Å². The Labute approximate surface area is 128 Å². The van der Waals surface area contributed by atoms with E-state index in [1.54, 1.807) is 19.2 Å². The molecule has 0 aliphatic carbocycles. The van der Waals surface area contributed by atoms with Crippen LogP contribution in [-0.4, -0.2) is 7.11 Å². The van der Waals surface area contributed by atoms with E-state index in [-0.39, 0.29) is 5.38 Å². The standard InChI is InChI=1S/C15H13Cl3O/c1-9-3-4-11(8-14(9)19-2)15(18)10-5-6-12(16)13(17)7-10/h3-8,15H,1-2H3. The van der Waals surface area contributed by atoms with Gasteiger partial charge < -0.3 is 4.74 Å². The van der Waals surface area contributed by atoms with Gasteiger partial charge >= 0.3 is 0 Å². The van der Waals surface area contributed by atoms with Gasteiger partial charge in [0.1, 0.15) is 5.75 Å². The molecule has 0 radical (unpaired) electrons. The average molecular weight is 316 g/mol. The van der Waals surface area contributed by atoms with Crippen LogP contribution in [0.3, 0.4) is 0 Å². The molecule has 0 aliphatic rings. The summed E-state index contributed by atoms with van der Waals surface area (Å²) in [6, 6.07) is 11.3. The summed E-state index contributed by atoms with van der Waals surface area (Å²) in [7, 11) is 1.65. The Morgan fingerprint density at radius 2 is 1.58 bits per heavy atom. The van der Waals surface area contributed by atoms with Crippen molar-refractivity contribution in [1.29, 1.82) is 0 Å². The van der Waals surface area contributed by atoms with Gasteiger partial charge in [-0.15, -0.1) is 11.6 Å². The maximum Gasteiger partial charge on any atom is 0.122 e. The van der Waals surface area contributed by atoms with Crippen molar-refractivity contribution in [2.75, 3.05) is 7.11 Å². The molecule has 4 heteroatoms. The molecule has 0 spiro atoms. The van der Waals surface area contributed by atoms with Crippen LogP contribution in [0.2, 0.25) is 10.0 Å². The number of halogens is 3. The van der Waals surface area contributed by atoms with Gasteiger partial charge in [-0.25, -0.2) is 0 Å². The molecule has 0 saturated carbocycles. The zero-order valence-electron chi connectivity index (χ0n) is 10.6. The van der Waals surface area contributed by atoms with Crippen LogP contribution in [0, 0.1) is 6.92 Å². The fraction of sp³-hybridized carbons (Fsp3) is 0.200. The van der Waals surface area contributed by atoms with Gasteiger partial charge in [-0.3, -0.25) is 0 Å². The summed E-state index contributed by atoms with van der Waals surface area (Å²) in [5, 5.41) is 0.740. The third-order valence-corrected chi connectivity index (χ3v) is 4.20. The molecule has 2 aromatic carbocycles. The minimum Gasteiger partial charge on any atom is -0.496 e. The van der Waals surface area contributed by atoms with Gasteiger partial charge in [-0.2, -0.15) is 0 Å². The minimum absolute atomic E-state index is 0.288. The van der Waals surface area contributed by atoms with E-state index in [0.717, 1.165) is 22.4 Å². The van der Waals surface area contributed by atoms with Gasteiger partial charge in [0.05, 0.1) is 22.5 Å². The van der Waals surface area contributed by atoms with E-state index in [4.69, 9.17) is 39.5 Å². The summed E-state index contributed by atoms with van der Waals surface area (Å²) in [6.07, 6.45) is 0. The predicted molar refractivity (Wildman–Crippen MR) is 81.9 cm³/mol.